The molecule has 118 valence electrons. The molecule has 21 heavy (non-hydrogen) atoms. The quantitative estimate of drug-likeness (QED) is 0.449. The molecule has 0 aliphatic heterocycles. The summed E-state index contributed by atoms with van der Waals surface area (Å²) in [7, 11) is 3.41. The molecular weight excluding hydrogens is 381 g/mol. The molecule has 1 aliphatic carbocycles. The molecule has 1 fully saturated rings. The number of aliphatic imine (C=N–C) groups is 1. The first kappa shape index (κ1) is 17.9. The van der Waals surface area contributed by atoms with Crippen molar-refractivity contribution >= 4 is 35.6 Å². The Morgan fingerprint density at radius 2 is 2.10 bits per heavy atom. The van der Waals surface area contributed by atoms with Crippen LogP contribution < -0.4 is 20.1 Å². The summed E-state index contributed by atoms with van der Waals surface area (Å²) in [6.07, 6.45) is 1.20. The molecule has 2 rings (SSSR count). The van der Waals surface area contributed by atoms with Crippen LogP contribution >= 0.6 is 24.0 Å². The van der Waals surface area contributed by atoms with Crippen LogP contribution in [0.15, 0.2) is 23.2 Å². The van der Waals surface area contributed by atoms with Crippen molar-refractivity contribution in [3.8, 4) is 11.5 Å². The molecular formula is C15H24IN3O2. The van der Waals surface area contributed by atoms with Crippen LogP contribution in [0.4, 0.5) is 5.69 Å². The van der Waals surface area contributed by atoms with Crippen molar-refractivity contribution in [2.24, 2.45) is 10.9 Å². The summed E-state index contributed by atoms with van der Waals surface area (Å²) in [6, 6.07) is 6.29. The highest BCUT2D eigenvalue weighted by Gasteiger charge is 2.33. The van der Waals surface area contributed by atoms with E-state index in [4.69, 9.17) is 9.47 Å². The number of methoxy groups -OCH3 is 1. The van der Waals surface area contributed by atoms with Crippen LogP contribution in [-0.4, -0.2) is 32.8 Å². The molecule has 6 heteroatoms. The van der Waals surface area contributed by atoms with Gasteiger partial charge in [0.2, 0.25) is 0 Å². The lowest BCUT2D eigenvalue weighted by atomic mass is 10.2. The Morgan fingerprint density at radius 3 is 2.62 bits per heavy atom. The van der Waals surface area contributed by atoms with Crippen LogP contribution in [0.25, 0.3) is 0 Å². The third kappa shape index (κ3) is 4.94. The van der Waals surface area contributed by atoms with E-state index in [2.05, 4.69) is 22.5 Å². The molecule has 0 saturated heterocycles. The Labute approximate surface area is 143 Å². The lowest BCUT2D eigenvalue weighted by Crippen LogP contribution is -2.33. The number of guanidine groups is 1. The van der Waals surface area contributed by atoms with E-state index in [1.54, 1.807) is 14.2 Å². The van der Waals surface area contributed by atoms with Gasteiger partial charge in [-0.2, -0.15) is 0 Å². The molecule has 0 heterocycles. The van der Waals surface area contributed by atoms with Gasteiger partial charge in [-0.1, -0.05) is 6.92 Å². The topological polar surface area (TPSA) is 54.9 Å². The number of anilines is 1. The zero-order valence-corrected chi connectivity index (χ0v) is 15.3. The van der Waals surface area contributed by atoms with Gasteiger partial charge in [-0.05, 0) is 31.4 Å². The fourth-order valence-electron chi connectivity index (χ4n) is 2.01. The van der Waals surface area contributed by atoms with Crippen LogP contribution in [0, 0.1) is 5.92 Å². The normalized spacial score (nSPS) is 20.3. The Kier molecular flexibility index (Phi) is 7.07. The minimum atomic E-state index is 0. The van der Waals surface area contributed by atoms with E-state index in [1.165, 1.54) is 6.42 Å². The van der Waals surface area contributed by atoms with Gasteiger partial charge in [0.15, 0.2) is 17.5 Å². The molecule has 2 N–H and O–H groups in total. The molecule has 0 radical (unpaired) electrons. The van der Waals surface area contributed by atoms with Crippen molar-refractivity contribution in [2.45, 2.75) is 26.3 Å². The van der Waals surface area contributed by atoms with Crippen molar-refractivity contribution in [3.05, 3.63) is 18.2 Å². The maximum Gasteiger partial charge on any atom is 0.195 e. The molecule has 1 aromatic rings. The summed E-state index contributed by atoms with van der Waals surface area (Å²) in [5.41, 5.74) is 0.927. The average Bonchev–Trinajstić information content (AvgIpc) is 3.14. The fourth-order valence-corrected chi connectivity index (χ4v) is 2.01. The monoisotopic (exact) mass is 405 g/mol. The molecule has 2 atom stereocenters. The minimum absolute atomic E-state index is 0. The third-order valence-electron chi connectivity index (χ3n) is 3.38. The summed E-state index contributed by atoms with van der Waals surface area (Å²) in [5.74, 6) is 2.97. The van der Waals surface area contributed by atoms with Gasteiger partial charge in [0, 0.05) is 24.8 Å². The smallest absolute Gasteiger partial charge is 0.195 e. The summed E-state index contributed by atoms with van der Waals surface area (Å²) in [4.78, 5) is 4.24. The van der Waals surface area contributed by atoms with E-state index in [9.17, 15) is 0 Å². The highest BCUT2D eigenvalue weighted by atomic mass is 127. The van der Waals surface area contributed by atoms with E-state index < -0.39 is 0 Å². The highest BCUT2D eigenvalue weighted by molar-refractivity contribution is 14.0. The standard InChI is InChI=1S/C15H23N3O2.HI/c1-5-20-14-9-11(6-7-13(14)19-4)17-15(16-3)18-12-8-10(12)2;/h6-7,9-10,12H,5,8H2,1-4H3,(H2,16,17,18);1H. The van der Waals surface area contributed by atoms with Crippen molar-refractivity contribution in [1.82, 2.24) is 5.32 Å². The molecule has 0 aromatic heterocycles. The van der Waals surface area contributed by atoms with E-state index in [-0.39, 0.29) is 24.0 Å². The Balaban J connectivity index is 0.00000220. The largest absolute Gasteiger partial charge is 0.493 e. The predicted octanol–water partition coefficient (Wildman–Crippen LogP) is 3.11. The number of hydrogen-bond acceptors (Lipinski definition) is 3. The Bertz CT molecular complexity index is 494. The van der Waals surface area contributed by atoms with Crippen molar-refractivity contribution in [3.63, 3.8) is 0 Å². The van der Waals surface area contributed by atoms with Crippen LogP contribution in [0.2, 0.25) is 0 Å². The molecule has 0 bridgehead atoms. The first-order valence-corrected chi connectivity index (χ1v) is 6.99. The maximum absolute atomic E-state index is 5.57. The number of halogens is 1. The van der Waals surface area contributed by atoms with Crippen molar-refractivity contribution in [1.29, 1.82) is 0 Å². The van der Waals surface area contributed by atoms with Crippen LogP contribution in [-0.2, 0) is 0 Å². The van der Waals surface area contributed by atoms with Crippen molar-refractivity contribution < 1.29 is 9.47 Å². The van der Waals surface area contributed by atoms with Crippen LogP contribution in [0.3, 0.4) is 0 Å². The zero-order chi connectivity index (χ0) is 14.5. The second kappa shape index (κ2) is 8.31. The zero-order valence-electron chi connectivity index (χ0n) is 13.0. The number of rotatable bonds is 5. The molecule has 0 spiro atoms. The number of nitrogens with zero attached hydrogens (tertiary/aromatic N) is 1. The molecule has 2 unspecified atom stereocenters. The first-order chi connectivity index (χ1) is 9.67. The maximum atomic E-state index is 5.57. The first-order valence-electron chi connectivity index (χ1n) is 6.99. The van der Waals surface area contributed by atoms with Gasteiger partial charge in [-0.25, -0.2) is 0 Å². The summed E-state index contributed by atoms with van der Waals surface area (Å²) < 4.78 is 10.8. The molecule has 0 amide bonds. The van der Waals surface area contributed by atoms with E-state index in [0.29, 0.717) is 12.6 Å². The van der Waals surface area contributed by atoms with E-state index in [1.807, 2.05) is 25.1 Å². The summed E-state index contributed by atoms with van der Waals surface area (Å²) in [6.45, 7) is 4.78. The van der Waals surface area contributed by atoms with Crippen molar-refractivity contribution in [2.75, 3.05) is 26.1 Å². The third-order valence-corrected chi connectivity index (χ3v) is 3.38. The molecule has 1 aliphatic rings. The number of benzene rings is 1. The lowest BCUT2D eigenvalue weighted by Gasteiger charge is -2.14. The van der Waals surface area contributed by atoms with Gasteiger partial charge in [0.25, 0.3) is 0 Å². The summed E-state index contributed by atoms with van der Waals surface area (Å²) >= 11 is 0. The van der Waals surface area contributed by atoms with Gasteiger partial charge in [-0.15, -0.1) is 24.0 Å². The van der Waals surface area contributed by atoms with E-state index in [0.717, 1.165) is 29.1 Å². The van der Waals surface area contributed by atoms with Crippen LogP contribution in [0.5, 0.6) is 11.5 Å². The van der Waals surface area contributed by atoms with Gasteiger partial charge in [0.05, 0.1) is 13.7 Å². The van der Waals surface area contributed by atoms with Gasteiger partial charge >= 0.3 is 0 Å². The number of ether oxygens (including phenoxy) is 2. The lowest BCUT2D eigenvalue weighted by molar-refractivity contribution is 0.311. The average molecular weight is 405 g/mol. The van der Waals surface area contributed by atoms with Gasteiger partial charge in [-0.3, -0.25) is 4.99 Å². The Hall–Kier alpha value is -1.18. The fraction of sp³-hybridized carbons (Fsp3) is 0.533. The Morgan fingerprint density at radius 1 is 1.38 bits per heavy atom. The molecule has 1 aromatic carbocycles. The number of nitrogens with one attached hydrogen (secondary N) is 2. The van der Waals surface area contributed by atoms with Crippen LogP contribution in [0.1, 0.15) is 20.3 Å². The predicted molar refractivity (Wildman–Crippen MR) is 97.3 cm³/mol. The highest BCUT2D eigenvalue weighted by Crippen LogP contribution is 2.31. The summed E-state index contributed by atoms with van der Waals surface area (Å²) in [5, 5.41) is 6.66. The van der Waals surface area contributed by atoms with E-state index >= 15 is 0 Å². The molecule has 1 saturated carbocycles. The second-order valence-corrected chi connectivity index (χ2v) is 4.96. The second-order valence-electron chi connectivity index (χ2n) is 4.96. The SMILES string of the molecule is CCOc1cc(NC(=NC)NC2CC2C)ccc1OC.I. The molecule has 5 nitrogen and oxygen atoms in total. The van der Waals surface area contributed by atoms with Gasteiger partial charge in [0.1, 0.15) is 0 Å². The number of hydrogen-bond donors (Lipinski definition) is 2. The minimum Gasteiger partial charge on any atom is -0.493 e. The van der Waals surface area contributed by atoms with Gasteiger partial charge < -0.3 is 20.1 Å².